The molecule has 1 aliphatic heterocycles. The minimum absolute atomic E-state index is 0.0110. The number of rotatable bonds is 6. The fraction of sp³-hybridized carbons (Fsp3) is 0.520. The molecule has 0 unspecified atom stereocenters. The lowest BCUT2D eigenvalue weighted by atomic mass is 9.75. The molecule has 0 atom stereocenters. The standard InChI is InChI=1S/C25H32N3O7P/c1-25(2)10-20-23(22(29)11-25)18-12-34-13-21(18)28(20)15-5-8-17(24(26)30)19(9-15)27-14-3-6-16(7-4-14)35-36(31,32)33/h5,8-9,14,16,27H,3-4,6-7,10-13H2,1-2H3,(H2,26,30)(H2,31,32,33). The summed E-state index contributed by atoms with van der Waals surface area (Å²) in [5, 5.41) is 3.43. The number of carbonyl (C=O) groups excluding carboxylic acids is 2. The first-order valence-electron chi connectivity index (χ1n) is 12.2. The number of phosphoric acid groups is 1. The molecule has 10 nitrogen and oxygen atoms in total. The van der Waals surface area contributed by atoms with Crippen molar-refractivity contribution < 1.29 is 33.2 Å². The molecular weight excluding hydrogens is 485 g/mol. The minimum atomic E-state index is -4.53. The predicted molar refractivity (Wildman–Crippen MR) is 132 cm³/mol. The zero-order valence-corrected chi connectivity index (χ0v) is 21.3. The number of nitrogens with two attached hydrogens (primary N) is 1. The van der Waals surface area contributed by atoms with E-state index in [0.29, 0.717) is 56.6 Å². The van der Waals surface area contributed by atoms with Crippen molar-refractivity contribution in [3.8, 4) is 5.69 Å². The second-order valence-corrected chi connectivity index (χ2v) is 12.0. The van der Waals surface area contributed by atoms with E-state index in [1.54, 1.807) is 6.07 Å². The molecule has 0 saturated heterocycles. The van der Waals surface area contributed by atoms with E-state index in [2.05, 4.69) is 23.7 Å². The van der Waals surface area contributed by atoms with Crippen LogP contribution in [0.25, 0.3) is 5.69 Å². The first kappa shape index (κ1) is 25.2. The Hall–Kier alpha value is -2.49. The number of primary amides is 1. The summed E-state index contributed by atoms with van der Waals surface area (Å²) in [6.45, 7) is 5.03. The predicted octanol–water partition coefficient (Wildman–Crippen LogP) is 3.59. The number of carbonyl (C=O) groups is 2. The monoisotopic (exact) mass is 517 g/mol. The Kier molecular flexibility index (Phi) is 6.37. The normalized spacial score (nSPS) is 23.3. The van der Waals surface area contributed by atoms with E-state index in [-0.39, 0.29) is 17.2 Å². The average Bonchev–Trinajstić information content (AvgIpc) is 3.33. The molecule has 36 heavy (non-hydrogen) atoms. The third-order valence-corrected chi connectivity index (χ3v) is 7.95. The van der Waals surface area contributed by atoms with Crippen molar-refractivity contribution in [3.63, 3.8) is 0 Å². The summed E-state index contributed by atoms with van der Waals surface area (Å²) in [5.41, 5.74) is 11.0. The molecule has 2 heterocycles. The summed E-state index contributed by atoms with van der Waals surface area (Å²) in [6.07, 6.45) is 2.98. The van der Waals surface area contributed by atoms with Crippen LogP contribution >= 0.6 is 7.82 Å². The van der Waals surface area contributed by atoms with Gasteiger partial charge in [-0.3, -0.25) is 14.1 Å². The van der Waals surface area contributed by atoms with Crippen LogP contribution in [-0.4, -0.2) is 38.2 Å². The second kappa shape index (κ2) is 9.11. The van der Waals surface area contributed by atoms with E-state index < -0.39 is 19.8 Å². The van der Waals surface area contributed by atoms with E-state index in [0.717, 1.165) is 34.6 Å². The number of hydrogen-bond donors (Lipinski definition) is 4. The lowest BCUT2D eigenvalue weighted by molar-refractivity contribution is 0.0899. The van der Waals surface area contributed by atoms with Crippen LogP contribution in [0.5, 0.6) is 0 Å². The molecule has 194 valence electrons. The van der Waals surface area contributed by atoms with Crippen molar-refractivity contribution in [2.45, 2.75) is 77.7 Å². The summed E-state index contributed by atoms with van der Waals surface area (Å²) in [5.74, 6) is -0.412. The highest BCUT2D eigenvalue weighted by molar-refractivity contribution is 7.46. The topological polar surface area (TPSA) is 153 Å². The van der Waals surface area contributed by atoms with Gasteiger partial charge in [0, 0.05) is 40.7 Å². The van der Waals surface area contributed by atoms with Crippen molar-refractivity contribution in [1.29, 1.82) is 0 Å². The molecule has 2 aromatic rings. The molecule has 11 heteroatoms. The van der Waals surface area contributed by atoms with Crippen molar-refractivity contribution >= 4 is 25.2 Å². The van der Waals surface area contributed by atoms with Gasteiger partial charge < -0.3 is 30.1 Å². The zero-order valence-electron chi connectivity index (χ0n) is 20.5. The van der Waals surface area contributed by atoms with Crippen LogP contribution in [0.15, 0.2) is 18.2 Å². The summed E-state index contributed by atoms with van der Waals surface area (Å²) >= 11 is 0. The molecular formula is C25H32N3O7P. The summed E-state index contributed by atoms with van der Waals surface area (Å²) in [4.78, 5) is 43.5. The van der Waals surface area contributed by atoms with Crippen LogP contribution < -0.4 is 11.1 Å². The maximum atomic E-state index is 13.1. The SMILES string of the molecule is CC1(C)CC(=O)c2c3c(n(-c4ccc(C(N)=O)c(NC5CCC(OP(=O)(O)O)CC5)c4)c2C1)COC3. The molecule has 1 amide bonds. The first-order valence-corrected chi connectivity index (χ1v) is 13.8. The lowest BCUT2D eigenvalue weighted by Crippen LogP contribution is -2.30. The Morgan fingerprint density at radius 2 is 1.89 bits per heavy atom. The number of aromatic nitrogens is 1. The van der Waals surface area contributed by atoms with Crippen LogP contribution in [0.3, 0.4) is 0 Å². The molecule has 0 bridgehead atoms. The van der Waals surface area contributed by atoms with Crippen LogP contribution in [-0.2, 0) is 33.5 Å². The molecule has 1 aromatic carbocycles. The number of nitrogens with zero attached hydrogens (tertiary/aromatic N) is 1. The molecule has 5 rings (SSSR count). The molecule has 5 N–H and O–H groups in total. The van der Waals surface area contributed by atoms with Gasteiger partial charge in [-0.1, -0.05) is 13.8 Å². The van der Waals surface area contributed by atoms with Crippen LogP contribution in [0.1, 0.15) is 83.6 Å². The maximum absolute atomic E-state index is 13.1. The van der Waals surface area contributed by atoms with Gasteiger partial charge in [-0.2, -0.15) is 0 Å². The van der Waals surface area contributed by atoms with Gasteiger partial charge in [-0.25, -0.2) is 4.57 Å². The van der Waals surface area contributed by atoms with Gasteiger partial charge in [0.15, 0.2) is 5.78 Å². The molecule has 0 radical (unpaired) electrons. The third kappa shape index (κ3) is 4.88. The Labute approximate surface area is 209 Å². The molecule has 0 spiro atoms. The molecule has 2 aliphatic carbocycles. The van der Waals surface area contributed by atoms with E-state index in [1.165, 1.54) is 0 Å². The number of Topliss-reactive ketones (excluding diaryl/α,β-unsaturated/α-hetero) is 1. The van der Waals surface area contributed by atoms with Crippen molar-refractivity contribution in [3.05, 3.63) is 46.3 Å². The zero-order chi connectivity index (χ0) is 25.8. The van der Waals surface area contributed by atoms with Gasteiger partial charge in [0.1, 0.15) is 0 Å². The highest BCUT2D eigenvalue weighted by atomic mass is 31.2. The highest BCUT2D eigenvalue weighted by Crippen LogP contribution is 2.43. The number of ether oxygens (including phenoxy) is 1. The number of hydrogen-bond acceptors (Lipinski definition) is 6. The van der Waals surface area contributed by atoms with Gasteiger partial charge in [0.05, 0.1) is 30.6 Å². The Balaban J connectivity index is 1.48. The van der Waals surface area contributed by atoms with Gasteiger partial charge >= 0.3 is 7.82 Å². The highest BCUT2D eigenvalue weighted by Gasteiger charge is 2.39. The van der Waals surface area contributed by atoms with Crippen molar-refractivity contribution in [2.24, 2.45) is 11.1 Å². The summed E-state index contributed by atoms with van der Waals surface area (Å²) < 4.78 is 23.8. The second-order valence-electron chi connectivity index (χ2n) is 10.8. The first-order chi connectivity index (χ1) is 16.9. The van der Waals surface area contributed by atoms with Gasteiger partial charge in [0.25, 0.3) is 5.91 Å². The van der Waals surface area contributed by atoms with Crippen LogP contribution in [0.4, 0.5) is 5.69 Å². The number of amides is 1. The summed E-state index contributed by atoms with van der Waals surface area (Å²) in [6, 6.07) is 5.43. The van der Waals surface area contributed by atoms with Gasteiger partial charge in [-0.15, -0.1) is 0 Å². The van der Waals surface area contributed by atoms with Gasteiger partial charge in [0.2, 0.25) is 0 Å². The van der Waals surface area contributed by atoms with Crippen molar-refractivity contribution in [2.75, 3.05) is 5.32 Å². The fourth-order valence-electron chi connectivity index (χ4n) is 5.86. The van der Waals surface area contributed by atoms with Crippen molar-refractivity contribution in [1.82, 2.24) is 4.57 Å². The van der Waals surface area contributed by atoms with Gasteiger partial charge in [-0.05, 0) is 55.7 Å². The lowest BCUT2D eigenvalue weighted by Gasteiger charge is -2.31. The Bertz CT molecular complexity index is 1270. The molecule has 1 saturated carbocycles. The number of anilines is 1. The molecule has 3 aliphatic rings. The quantitative estimate of drug-likeness (QED) is 0.424. The molecule has 1 aromatic heterocycles. The van der Waals surface area contributed by atoms with E-state index in [1.807, 2.05) is 12.1 Å². The van der Waals surface area contributed by atoms with E-state index in [4.69, 9.17) is 24.8 Å². The maximum Gasteiger partial charge on any atom is 0.469 e. The summed E-state index contributed by atoms with van der Waals surface area (Å²) in [7, 11) is -4.53. The van der Waals surface area contributed by atoms with Crippen LogP contribution in [0.2, 0.25) is 0 Å². The number of nitrogens with one attached hydrogen (secondary N) is 1. The Morgan fingerprint density at radius 3 is 2.56 bits per heavy atom. The number of phosphoric ester groups is 1. The smallest absolute Gasteiger partial charge is 0.382 e. The van der Waals surface area contributed by atoms with E-state index >= 15 is 0 Å². The van der Waals surface area contributed by atoms with Crippen LogP contribution in [0, 0.1) is 5.41 Å². The van der Waals surface area contributed by atoms with E-state index in [9.17, 15) is 14.2 Å². The number of fused-ring (bicyclic) bond motifs is 3. The minimum Gasteiger partial charge on any atom is -0.382 e. The third-order valence-electron chi connectivity index (χ3n) is 7.37. The Morgan fingerprint density at radius 1 is 1.17 bits per heavy atom. The number of benzene rings is 1. The number of ketones is 1. The fourth-order valence-corrected chi connectivity index (χ4v) is 6.46. The largest absolute Gasteiger partial charge is 0.469 e. The average molecular weight is 518 g/mol. The molecule has 1 fully saturated rings.